The minimum absolute atomic E-state index is 0.211. The van der Waals surface area contributed by atoms with Crippen LogP contribution in [0.15, 0.2) is 41.1 Å². The average Bonchev–Trinajstić information content (AvgIpc) is 2.45. The number of aromatic nitrogens is 1. The number of carbonyl (C=O) groups excluding carboxylic acids is 1. The molecule has 0 aliphatic rings. The lowest BCUT2D eigenvalue weighted by Crippen LogP contribution is -2.37. The number of anilines is 1. The van der Waals surface area contributed by atoms with E-state index in [0.717, 1.165) is 0 Å². The van der Waals surface area contributed by atoms with Gasteiger partial charge in [-0.2, -0.15) is 0 Å². The minimum atomic E-state index is -0.783. The molecule has 110 valence electrons. The molecule has 0 aliphatic heterocycles. The van der Waals surface area contributed by atoms with Gasteiger partial charge < -0.3 is 21.3 Å². The number of hydrogen-bond donors (Lipinski definition) is 4. The lowest BCUT2D eigenvalue weighted by molar-refractivity contribution is -0.117. The van der Waals surface area contributed by atoms with Gasteiger partial charge >= 0.3 is 0 Å². The largest absolute Gasteiger partial charge is 0.504 e. The Morgan fingerprint density at radius 1 is 1.33 bits per heavy atom. The summed E-state index contributed by atoms with van der Waals surface area (Å²) < 4.78 is 0.660. The Morgan fingerprint density at radius 3 is 2.76 bits per heavy atom. The van der Waals surface area contributed by atoms with Crippen molar-refractivity contribution >= 4 is 27.5 Å². The summed E-state index contributed by atoms with van der Waals surface area (Å²) in [6.07, 6.45) is 3.37. The number of halogens is 1. The highest BCUT2D eigenvalue weighted by Crippen LogP contribution is 2.25. The van der Waals surface area contributed by atoms with Crippen LogP contribution < -0.4 is 11.1 Å². The van der Waals surface area contributed by atoms with Crippen molar-refractivity contribution in [3.8, 4) is 11.5 Å². The molecule has 0 fully saturated rings. The monoisotopic (exact) mass is 351 g/mol. The molecule has 7 heteroatoms. The van der Waals surface area contributed by atoms with Crippen LogP contribution >= 0.6 is 15.9 Å². The molecule has 1 aromatic heterocycles. The Kier molecular flexibility index (Phi) is 4.77. The maximum absolute atomic E-state index is 12.0. The standard InChI is InChI=1S/C14H14BrN3O3/c15-9-7-17-4-3-11(9)18-14(21)10(16)5-8-1-2-12(19)13(20)6-8/h1-4,6-7,10,19-20H,5,16H2,(H,17,18,21)/t10-/m0/s1. The Bertz CT molecular complexity index is 664. The van der Waals surface area contributed by atoms with Crippen molar-refractivity contribution in [3.05, 3.63) is 46.7 Å². The fourth-order valence-corrected chi connectivity index (χ4v) is 2.09. The predicted molar refractivity (Wildman–Crippen MR) is 82.0 cm³/mol. The molecule has 0 saturated carbocycles. The first-order valence-corrected chi connectivity index (χ1v) is 6.93. The maximum atomic E-state index is 12.0. The molecule has 0 saturated heterocycles. The highest BCUT2D eigenvalue weighted by molar-refractivity contribution is 9.10. The van der Waals surface area contributed by atoms with Gasteiger partial charge in [0, 0.05) is 12.4 Å². The molecule has 0 radical (unpaired) electrons. The van der Waals surface area contributed by atoms with Crippen LogP contribution in [0.5, 0.6) is 11.5 Å². The molecule has 21 heavy (non-hydrogen) atoms. The second-order valence-corrected chi connectivity index (χ2v) is 5.33. The van der Waals surface area contributed by atoms with E-state index in [2.05, 4.69) is 26.2 Å². The zero-order chi connectivity index (χ0) is 15.4. The lowest BCUT2D eigenvalue weighted by Gasteiger charge is -2.13. The van der Waals surface area contributed by atoms with E-state index < -0.39 is 6.04 Å². The molecule has 5 N–H and O–H groups in total. The van der Waals surface area contributed by atoms with Gasteiger partial charge in [0.25, 0.3) is 0 Å². The first-order chi connectivity index (χ1) is 9.97. The van der Waals surface area contributed by atoms with Gasteiger partial charge in [-0.3, -0.25) is 9.78 Å². The van der Waals surface area contributed by atoms with Crippen LogP contribution in [0.25, 0.3) is 0 Å². The smallest absolute Gasteiger partial charge is 0.241 e. The second kappa shape index (κ2) is 6.55. The van der Waals surface area contributed by atoms with Gasteiger partial charge in [-0.25, -0.2) is 0 Å². The Morgan fingerprint density at radius 2 is 2.10 bits per heavy atom. The molecule has 1 atom stereocenters. The number of pyridine rings is 1. The molecule has 0 aliphatic carbocycles. The summed E-state index contributed by atoms with van der Waals surface area (Å²) in [7, 11) is 0. The molecule has 1 amide bonds. The third kappa shape index (κ3) is 3.93. The molecule has 1 aromatic carbocycles. The maximum Gasteiger partial charge on any atom is 0.241 e. The van der Waals surface area contributed by atoms with Crippen molar-refractivity contribution in [1.29, 1.82) is 0 Å². The fraction of sp³-hybridized carbons (Fsp3) is 0.143. The SMILES string of the molecule is N[C@@H](Cc1ccc(O)c(O)c1)C(=O)Nc1ccncc1Br. The topological polar surface area (TPSA) is 108 Å². The van der Waals surface area contributed by atoms with Crippen molar-refractivity contribution in [1.82, 2.24) is 4.98 Å². The number of carbonyl (C=O) groups is 1. The van der Waals surface area contributed by atoms with Gasteiger partial charge in [0.15, 0.2) is 11.5 Å². The van der Waals surface area contributed by atoms with Gasteiger partial charge in [-0.15, -0.1) is 0 Å². The van der Waals surface area contributed by atoms with E-state index in [-0.39, 0.29) is 23.8 Å². The van der Waals surface area contributed by atoms with Crippen LogP contribution in [0.2, 0.25) is 0 Å². The molecular formula is C14H14BrN3O3. The summed E-state index contributed by atoms with van der Waals surface area (Å²) in [6.45, 7) is 0. The van der Waals surface area contributed by atoms with Crippen molar-refractivity contribution in [2.24, 2.45) is 5.73 Å². The number of phenolic OH excluding ortho intramolecular Hbond substituents is 2. The Hall–Kier alpha value is -2.12. The second-order valence-electron chi connectivity index (χ2n) is 4.48. The quantitative estimate of drug-likeness (QED) is 0.627. The molecular weight excluding hydrogens is 338 g/mol. The summed E-state index contributed by atoms with van der Waals surface area (Å²) in [5.41, 5.74) is 7.08. The van der Waals surface area contributed by atoms with E-state index in [0.29, 0.717) is 15.7 Å². The third-order valence-corrected chi connectivity index (χ3v) is 3.49. The summed E-state index contributed by atoms with van der Waals surface area (Å²) in [6, 6.07) is 5.21. The Labute approximate surface area is 129 Å². The lowest BCUT2D eigenvalue weighted by atomic mass is 10.1. The number of nitrogens with zero attached hydrogens (tertiary/aromatic N) is 1. The van der Waals surface area contributed by atoms with Crippen LogP contribution in [0.3, 0.4) is 0 Å². The number of amides is 1. The zero-order valence-electron chi connectivity index (χ0n) is 11.0. The van der Waals surface area contributed by atoms with Crippen molar-refractivity contribution < 1.29 is 15.0 Å². The summed E-state index contributed by atoms with van der Waals surface area (Å²) >= 11 is 3.28. The van der Waals surface area contributed by atoms with E-state index in [1.807, 2.05) is 0 Å². The van der Waals surface area contributed by atoms with Crippen LogP contribution in [-0.4, -0.2) is 27.1 Å². The Balaban J connectivity index is 2.02. The molecule has 0 spiro atoms. The molecule has 0 bridgehead atoms. The van der Waals surface area contributed by atoms with Crippen LogP contribution in [0.1, 0.15) is 5.56 Å². The minimum Gasteiger partial charge on any atom is -0.504 e. The number of rotatable bonds is 4. The molecule has 2 rings (SSSR count). The van der Waals surface area contributed by atoms with E-state index in [4.69, 9.17) is 5.73 Å². The number of hydrogen-bond acceptors (Lipinski definition) is 5. The highest BCUT2D eigenvalue weighted by atomic mass is 79.9. The molecule has 1 heterocycles. The van der Waals surface area contributed by atoms with Gasteiger partial charge in [-0.05, 0) is 46.1 Å². The van der Waals surface area contributed by atoms with Crippen molar-refractivity contribution in [3.63, 3.8) is 0 Å². The molecule has 2 aromatic rings. The van der Waals surface area contributed by atoms with Crippen molar-refractivity contribution in [2.75, 3.05) is 5.32 Å². The first kappa shape index (κ1) is 15.3. The van der Waals surface area contributed by atoms with Gasteiger partial charge in [-0.1, -0.05) is 6.07 Å². The van der Waals surface area contributed by atoms with Gasteiger partial charge in [0.2, 0.25) is 5.91 Å². The normalized spacial score (nSPS) is 11.9. The van der Waals surface area contributed by atoms with E-state index >= 15 is 0 Å². The van der Waals surface area contributed by atoms with E-state index in [1.54, 1.807) is 24.5 Å². The number of phenols is 2. The van der Waals surface area contributed by atoms with Crippen LogP contribution in [-0.2, 0) is 11.2 Å². The van der Waals surface area contributed by atoms with Crippen LogP contribution in [0.4, 0.5) is 5.69 Å². The first-order valence-electron chi connectivity index (χ1n) is 6.14. The number of nitrogens with one attached hydrogen (secondary N) is 1. The van der Waals surface area contributed by atoms with E-state index in [9.17, 15) is 15.0 Å². The number of benzene rings is 1. The van der Waals surface area contributed by atoms with Gasteiger partial charge in [0.1, 0.15) is 0 Å². The molecule has 6 nitrogen and oxygen atoms in total. The number of aromatic hydroxyl groups is 2. The van der Waals surface area contributed by atoms with Gasteiger partial charge in [0.05, 0.1) is 16.2 Å². The highest BCUT2D eigenvalue weighted by Gasteiger charge is 2.16. The molecule has 0 unspecified atom stereocenters. The predicted octanol–water partition coefficient (Wildman–Crippen LogP) is 1.76. The van der Waals surface area contributed by atoms with E-state index in [1.165, 1.54) is 12.1 Å². The summed E-state index contributed by atoms with van der Waals surface area (Å²) in [5, 5.41) is 21.4. The zero-order valence-corrected chi connectivity index (χ0v) is 12.5. The van der Waals surface area contributed by atoms with Crippen molar-refractivity contribution in [2.45, 2.75) is 12.5 Å². The number of nitrogens with two attached hydrogens (primary N) is 1. The summed E-state index contributed by atoms with van der Waals surface area (Å²) in [5.74, 6) is -0.802. The summed E-state index contributed by atoms with van der Waals surface area (Å²) in [4.78, 5) is 15.9. The third-order valence-electron chi connectivity index (χ3n) is 2.86. The average molecular weight is 352 g/mol. The van der Waals surface area contributed by atoms with Crippen LogP contribution in [0, 0.1) is 0 Å². The fourth-order valence-electron chi connectivity index (χ4n) is 1.74.